The maximum atomic E-state index is 12.6. The standard InChI is InChI=1S/C24H21N3O2/c28-23-17-25-27(22-13-7-5-11-20(22)23)15-14-24(29)26-21-12-6-4-10-19(21)16-18-8-2-1-3-9-18/h1-13,17H,14-16H2,(H,26,29). The normalized spacial score (nSPS) is 10.8. The van der Waals surface area contributed by atoms with Crippen LogP contribution in [-0.4, -0.2) is 15.7 Å². The number of aryl methyl sites for hydroxylation is 1. The molecule has 0 unspecified atom stereocenters. The Kier molecular flexibility index (Phi) is 5.47. The number of rotatable bonds is 6. The van der Waals surface area contributed by atoms with Gasteiger partial charge in [-0.3, -0.25) is 14.3 Å². The number of hydrogen-bond acceptors (Lipinski definition) is 3. The van der Waals surface area contributed by atoms with Crippen LogP contribution in [0.3, 0.4) is 0 Å². The topological polar surface area (TPSA) is 64.0 Å². The number of aromatic nitrogens is 2. The summed E-state index contributed by atoms with van der Waals surface area (Å²) in [6, 6.07) is 25.3. The average Bonchev–Trinajstić information content (AvgIpc) is 2.76. The first-order valence-electron chi connectivity index (χ1n) is 9.57. The molecule has 1 amide bonds. The van der Waals surface area contributed by atoms with E-state index in [4.69, 9.17) is 0 Å². The summed E-state index contributed by atoms with van der Waals surface area (Å²) in [5.74, 6) is -0.0879. The fourth-order valence-corrected chi connectivity index (χ4v) is 3.37. The molecule has 4 rings (SSSR count). The van der Waals surface area contributed by atoms with Gasteiger partial charge in [0.05, 0.1) is 18.3 Å². The number of nitrogens with one attached hydrogen (secondary N) is 1. The third kappa shape index (κ3) is 4.41. The lowest BCUT2D eigenvalue weighted by molar-refractivity contribution is -0.116. The lowest BCUT2D eigenvalue weighted by Crippen LogP contribution is -2.18. The minimum atomic E-state index is -0.115. The van der Waals surface area contributed by atoms with Crippen molar-refractivity contribution < 1.29 is 4.79 Å². The predicted octanol–water partition coefficient (Wildman–Crippen LogP) is 4.02. The van der Waals surface area contributed by atoms with Gasteiger partial charge < -0.3 is 5.32 Å². The molecule has 1 N–H and O–H groups in total. The number of carbonyl (C=O) groups excluding carboxylic acids is 1. The third-order valence-corrected chi connectivity index (χ3v) is 4.84. The lowest BCUT2D eigenvalue weighted by atomic mass is 10.0. The zero-order chi connectivity index (χ0) is 20.1. The fraction of sp³-hybridized carbons (Fsp3) is 0.125. The third-order valence-electron chi connectivity index (χ3n) is 4.84. The molecule has 0 bridgehead atoms. The highest BCUT2D eigenvalue weighted by molar-refractivity contribution is 5.91. The van der Waals surface area contributed by atoms with Gasteiger partial charge in [0.25, 0.3) is 0 Å². The molecule has 144 valence electrons. The van der Waals surface area contributed by atoms with Gasteiger partial charge in [-0.2, -0.15) is 5.10 Å². The molecule has 0 saturated heterocycles. The molecule has 29 heavy (non-hydrogen) atoms. The largest absolute Gasteiger partial charge is 0.326 e. The van der Waals surface area contributed by atoms with Crippen molar-refractivity contribution in [2.75, 3.05) is 5.32 Å². The summed E-state index contributed by atoms with van der Waals surface area (Å²) in [5.41, 5.74) is 3.70. The van der Waals surface area contributed by atoms with Crippen LogP contribution in [0.25, 0.3) is 10.9 Å². The van der Waals surface area contributed by atoms with Gasteiger partial charge in [0.15, 0.2) is 0 Å². The second kappa shape index (κ2) is 8.52. The second-order valence-electron chi connectivity index (χ2n) is 6.87. The van der Waals surface area contributed by atoms with Crippen molar-refractivity contribution in [1.82, 2.24) is 9.78 Å². The highest BCUT2D eigenvalue weighted by Gasteiger charge is 2.09. The van der Waals surface area contributed by atoms with E-state index in [9.17, 15) is 9.59 Å². The van der Waals surface area contributed by atoms with E-state index in [0.29, 0.717) is 11.9 Å². The van der Waals surface area contributed by atoms with E-state index in [-0.39, 0.29) is 17.8 Å². The van der Waals surface area contributed by atoms with E-state index in [1.54, 1.807) is 10.7 Å². The maximum Gasteiger partial charge on any atom is 0.226 e. The van der Waals surface area contributed by atoms with Gasteiger partial charge in [-0.25, -0.2) is 0 Å². The maximum absolute atomic E-state index is 12.6. The Balaban J connectivity index is 1.46. The van der Waals surface area contributed by atoms with Crippen molar-refractivity contribution in [3.05, 3.63) is 106 Å². The van der Waals surface area contributed by atoms with Gasteiger partial charge in [0.1, 0.15) is 0 Å². The molecule has 5 heteroatoms. The van der Waals surface area contributed by atoms with E-state index in [1.165, 1.54) is 11.8 Å². The van der Waals surface area contributed by atoms with Crippen molar-refractivity contribution in [2.24, 2.45) is 0 Å². The zero-order valence-electron chi connectivity index (χ0n) is 15.9. The number of fused-ring (bicyclic) bond motifs is 1. The van der Waals surface area contributed by atoms with Crippen molar-refractivity contribution in [1.29, 1.82) is 0 Å². The molecule has 5 nitrogen and oxygen atoms in total. The molecule has 0 fully saturated rings. The lowest BCUT2D eigenvalue weighted by Gasteiger charge is -2.12. The van der Waals surface area contributed by atoms with Crippen LogP contribution in [0.1, 0.15) is 17.5 Å². The molecule has 0 aliphatic carbocycles. The van der Waals surface area contributed by atoms with Crippen molar-refractivity contribution in [2.45, 2.75) is 19.4 Å². The van der Waals surface area contributed by atoms with Crippen molar-refractivity contribution in [3.8, 4) is 0 Å². The fourth-order valence-electron chi connectivity index (χ4n) is 3.37. The van der Waals surface area contributed by atoms with E-state index < -0.39 is 0 Å². The summed E-state index contributed by atoms with van der Waals surface area (Å²) in [6.45, 7) is 0.396. The first kappa shape index (κ1) is 18.6. The number of benzene rings is 3. The average molecular weight is 383 g/mol. The molecule has 3 aromatic carbocycles. The number of hydrogen-bond donors (Lipinski definition) is 1. The van der Waals surface area contributed by atoms with E-state index in [2.05, 4.69) is 22.5 Å². The summed E-state index contributed by atoms with van der Waals surface area (Å²) in [7, 11) is 0. The number of amides is 1. The molecule has 0 aliphatic heterocycles. The Morgan fingerprint density at radius 2 is 1.62 bits per heavy atom. The number of carbonyl (C=O) groups is 1. The molecule has 0 atom stereocenters. The van der Waals surface area contributed by atoms with Gasteiger partial charge in [0.2, 0.25) is 11.3 Å². The first-order chi connectivity index (χ1) is 14.2. The van der Waals surface area contributed by atoms with Crippen LogP contribution < -0.4 is 10.7 Å². The number of para-hydroxylation sites is 2. The summed E-state index contributed by atoms with van der Waals surface area (Å²) in [5, 5.41) is 7.81. The van der Waals surface area contributed by atoms with Crippen LogP contribution in [-0.2, 0) is 17.8 Å². The van der Waals surface area contributed by atoms with E-state index in [1.807, 2.05) is 60.7 Å². The van der Waals surface area contributed by atoms with Crippen LogP contribution in [0.5, 0.6) is 0 Å². The van der Waals surface area contributed by atoms with E-state index >= 15 is 0 Å². The molecule has 0 aliphatic rings. The van der Waals surface area contributed by atoms with Gasteiger partial charge >= 0.3 is 0 Å². The monoisotopic (exact) mass is 383 g/mol. The van der Waals surface area contributed by atoms with Crippen molar-refractivity contribution >= 4 is 22.5 Å². The Bertz CT molecular complexity index is 1200. The highest BCUT2D eigenvalue weighted by atomic mass is 16.1. The Morgan fingerprint density at radius 1 is 0.897 bits per heavy atom. The second-order valence-corrected chi connectivity index (χ2v) is 6.87. The van der Waals surface area contributed by atoms with Crippen LogP contribution in [0.2, 0.25) is 0 Å². The van der Waals surface area contributed by atoms with Crippen LogP contribution >= 0.6 is 0 Å². The smallest absolute Gasteiger partial charge is 0.226 e. The van der Waals surface area contributed by atoms with Gasteiger partial charge in [-0.1, -0.05) is 60.7 Å². The van der Waals surface area contributed by atoms with E-state index in [0.717, 1.165) is 23.2 Å². The number of nitrogens with zero attached hydrogens (tertiary/aromatic N) is 2. The summed E-state index contributed by atoms with van der Waals surface area (Å²) in [4.78, 5) is 24.5. The Morgan fingerprint density at radius 3 is 2.48 bits per heavy atom. The quantitative estimate of drug-likeness (QED) is 0.547. The molecule has 1 aromatic heterocycles. The Hall–Kier alpha value is -3.73. The van der Waals surface area contributed by atoms with Crippen LogP contribution in [0.4, 0.5) is 5.69 Å². The molecule has 4 aromatic rings. The Labute approximate surface area is 168 Å². The van der Waals surface area contributed by atoms with Crippen LogP contribution in [0.15, 0.2) is 89.9 Å². The molecule has 0 saturated carbocycles. The highest BCUT2D eigenvalue weighted by Crippen LogP contribution is 2.19. The first-order valence-corrected chi connectivity index (χ1v) is 9.57. The predicted molar refractivity (Wildman–Crippen MR) is 115 cm³/mol. The van der Waals surface area contributed by atoms with Crippen molar-refractivity contribution in [3.63, 3.8) is 0 Å². The SMILES string of the molecule is O=C(CCn1ncc(=O)c2ccccc21)Nc1ccccc1Cc1ccccc1. The van der Waals surface area contributed by atoms with Gasteiger partial charge in [0, 0.05) is 17.5 Å². The molecular weight excluding hydrogens is 362 g/mol. The molecule has 0 radical (unpaired) electrons. The molecule has 1 heterocycles. The minimum Gasteiger partial charge on any atom is -0.326 e. The number of anilines is 1. The molecule has 0 spiro atoms. The van der Waals surface area contributed by atoms with Crippen LogP contribution in [0, 0.1) is 0 Å². The zero-order valence-corrected chi connectivity index (χ0v) is 15.9. The van der Waals surface area contributed by atoms with Gasteiger partial charge in [-0.05, 0) is 35.7 Å². The summed E-state index contributed by atoms with van der Waals surface area (Å²) in [6.07, 6.45) is 2.32. The molecular formula is C24H21N3O2. The minimum absolute atomic E-state index is 0.0879. The summed E-state index contributed by atoms with van der Waals surface area (Å²) >= 11 is 0. The summed E-state index contributed by atoms with van der Waals surface area (Å²) < 4.78 is 1.70. The van der Waals surface area contributed by atoms with Gasteiger partial charge in [-0.15, -0.1) is 0 Å².